The Labute approximate surface area is 112 Å². The highest BCUT2D eigenvalue weighted by molar-refractivity contribution is 6.03. The van der Waals surface area contributed by atoms with Crippen LogP contribution in [0.4, 0.5) is 0 Å². The van der Waals surface area contributed by atoms with Crippen molar-refractivity contribution < 1.29 is 24.5 Å². The van der Waals surface area contributed by atoms with Crippen LogP contribution in [0, 0.1) is 0 Å². The van der Waals surface area contributed by atoms with Gasteiger partial charge in [-0.2, -0.15) is 0 Å². The van der Waals surface area contributed by atoms with Gasteiger partial charge in [-0.3, -0.25) is 0 Å². The van der Waals surface area contributed by atoms with E-state index >= 15 is 0 Å². The van der Waals surface area contributed by atoms with E-state index in [-0.39, 0.29) is 34.1 Å². The molecule has 3 N–H and O–H groups in total. The zero-order valence-electron chi connectivity index (χ0n) is 10.1. The highest BCUT2D eigenvalue weighted by atomic mass is 16.4. The molecule has 0 fully saturated rings. The Morgan fingerprint density at radius 3 is 2.50 bits per heavy atom. The van der Waals surface area contributed by atoms with Crippen LogP contribution >= 0.6 is 0 Å². The fourth-order valence-corrected chi connectivity index (χ4v) is 1.96. The summed E-state index contributed by atoms with van der Waals surface area (Å²) < 4.78 is 5.44. The molecule has 3 aromatic rings. The highest BCUT2D eigenvalue weighted by Crippen LogP contribution is 2.33. The summed E-state index contributed by atoms with van der Waals surface area (Å²) in [6, 6.07) is 9.06. The number of carbonyl (C=O) groups is 1. The molecule has 2 aromatic carbocycles. The van der Waals surface area contributed by atoms with E-state index in [4.69, 9.17) is 9.52 Å². The number of rotatable bonds is 2. The van der Waals surface area contributed by atoms with Crippen LogP contribution in [0.1, 0.15) is 10.4 Å². The molecule has 3 rings (SSSR count). The maximum atomic E-state index is 11.2. The van der Waals surface area contributed by atoms with Crippen LogP contribution in [0.15, 0.2) is 40.8 Å². The Kier molecular flexibility index (Phi) is 2.57. The van der Waals surface area contributed by atoms with Crippen LogP contribution in [-0.4, -0.2) is 26.3 Å². The van der Waals surface area contributed by atoms with Crippen molar-refractivity contribution in [1.82, 2.24) is 4.98 Å². The second kappa shape index (κ2) is 4.27. The number of carboxylic acid groups (broad SMARTS) is 1. The number of phenolic OH excluding ortho intramolecular Hbond substituents is 1. The maximum Gasteiger partial charge on any atom is 0.341 e. The molecule has 0 radical (unpaired) electrons. The first-order valence-electron chi connectivity index (χ1n) is 5.72. The van der Waals surface area contributed by atoms with Crippen molar-refractivity contribution in [3.05, 3.63) is 42.0 Å². The number of benzene rings is 2. The molecule has 0 aliphatic carbocycles. The molecule has 0 unspecified atom stereocenters. The topological polar surface area (TPSA) is 104 Å². The molecule has 1 aromatic heterocycles. The average Bonchev–Trinajstić information content (AvgIpc) is 2.82. The SMILES string of the molecule is O=C(O)c1c(O)ccc2oc(-c3ccccc3O)nc12. The normalized spacial score (nSPS) is 10.8. The smallest absolute Gasteiger partial charge is 0.341 e. The summed E-state index contributed by atoms with van der Waals surface area (Å²) in [7, 11) is 0. The van der Waals surface area contributed by atoms with Crippen LogP contribution in [0.2, 0.25) is 0 Å². The number of oxazole rings is 1. The summed E-state index contributed by atoms with van der Waals surface area (Å²) in [4.78, 5) is 15.2. The first-order valence-corrected chi connectivity index (χ1v) is 5.72. The van der Waals surface area contributed by atoms with E-state index in [2.05, 4.69) is 4.98 Å². The molecule has 20 heavy (non-hydrogen) atoms. The third kappa shape index (κ3) is 1.74. The molecule has 100 valence electrons. The number of hydrogen-bond acceptors (Lipinski definition) is 5. The zero-order chi connectivity index (χ0) is 14.3. The van der Waals surface area contributed by atoms with Crippen molar-refractivity contribution in [2.24, 2.45) is 0 Å². The van der Waals surface area contributed by atoms with Crippen LogP contribution in [0.3, 0.4) is 0 Å². The summed E-state index contributed by atoms with van der Waals surface area (Å²) in [6.45, 7) is 0. The molecule has 0 aliphatic heterocycles. The van der Waals surface area contributed by atoms with E-state index in [9.17, 15) is 15.0 Å². The number of aromatic carboxylic acids is 1. The lowest BCUT2D eigenvalue weighted by Gasteiger charge is -1.97. The lowest BCUT2D eigenvalue weighted by Crippen LogP contribution is -1.98. The number of phenols is 2. The van der Waals surface area contributed by atoms with Gasteiger partial charge in [0.1, 0.15) is 22.6 Å². The van der Waals surface area contributed by atoms with Crippen molar-refractivity contribution in [1.29, 1.82) is 0 Å². The van der Waals surface area contributed by atoms with Crippen LogP contribution in [0.5, 0.6) is 11.5 Å². The minimum Gasteiger partial charge on any atom is -0.507 e. The standard InChI is InChI=1S/C14H9NO5/c16-8-4-2-1-3-7(8)13-15-12-10(20-13)6-5-9(17)11(12)14(18)19/h1-6,16-17H,(H,18,19). The van der Waals surface area contributed by atoms with E-state index in [0.717, 1.165) is 0 Å². The van der Waals surface area contributed by atoms with Crippen molar-refractivity contribution in [2.75, 3.05) is 0 Å². The minimum absolute atomic E-state index is 0.0276. The van der Waals surface area contributed by atoms with Gasteiger partial charge < -0.3 is 19.7 Å². The summed E-state index contributed by atoms with van der Waals surface area (Å²) in [5.74, 6) is -1.63. The first kappa shape index (κ1) is 12.0. The van der Waals surface area contributed by atoms with Crippen molar-refractivity contribution in [3.63, 3.8) is 0 Å². The number of para-hydroxylation sites is 1. The van der Waals surface area contributed by atoms with Crippen molar-refractivity contribution >= 4 is 17.1 Å². The summed E-state index contributed by atoms with van der Waals surface area (Å²) in [6.07, 6.45) is 0. The predicted octanol–water partition coefficient (Wildman–Crippen LogP) is 2.60. The molecule has 6 heteroatoms. The number of fused-ring (bicyclic) bond motifs is 1. The van der Waals surface area contributed by atoms with E-state index in [1.165, 1.54) is 18.2 Å². The first-order chi connectivity index (χ1) is 9.58. The lowest BCUT2D eigenvalue weighted by atomic mass is 10.1. The van der Waals surface area contributed by atoms with Gasteiger partial charge in [-0.1, -0.05) is 12.1 Å². The van der Waals surface area contributed by atoms with Gasteiger partial charge in [-0.15, -0.1) is 0 Å². The zero-order valence-corrected chi connectivity index (χ0v) is 10.1. The van der Waals surface area contributed by atoms with Gasteiger partial charge >= 0.3 is 5.97 Å². The quantitative estimate of drug-likeness (QED) is 0.661. The summed E-state index contributed by atoms with van der Waals surface area (Å²) in [5.41, 5.74) is 0.279. The molecule has 1 heterocycles. The third-order valence-corrected chi connectivity index (χ3v) is 2.89. The van der Waals surface area contributed by atoms with Gasteiger partial charge in [-0.05, 0) is 24.3 Å². The molecule has 0 aliphatic rings. The van der Waals surface area contributed by atoms with Crippen molar-refractivity contribution in [3.8, 4) is 23.0 Å². The predicted molar refractivity (Wildman–Crippen MR) is 69.7 cm³/mol. The molecule has 0 saturated carbocycles. The van der Waals surface area contributed by atoms with Crippen LogP contribution in [-0.2, 0) is 0 Å². The van der Waals surface area contributed by atoms with Crippen LogP contribution < -0.4 is 0 Å². The number of nitrogens with zero attached hydrogens (tertiary/aromatic N) is 1. The summed E-state index contributed by atoms with van der Waals surface area (Å²) in [5, 5.41) is 28.5. The molecule has 0 amide bonds. The van der Waals surface area contributed by atoms with E-state index in [1.807, 2.05) is 0 Å². The molecule has 0 bridgehead atoms. The molecular weight excluding hydrogens is 262 g/mol. The summed E-state index contributed by atoms with van der Waals surface area (Å²) >= 11 is 0. The average molecular weight is 271 g/mol. The second-order valence-corrected chi connectivity index (χ2v) is 4.15. The molecular formula is C14H9NO5. The fourth-order valence-electron chi connectivity index (χ4n) is 1.96. The molecule has 0 spiro atoms. The Balaban J connectivity index is 2.29. The second-order valence-electron chi connectivity index (χ2n) is 4.15. The maximum absolute atomic E-state index is 11.2. The Morgan fingerprint density at radius 2 is 1.80 bits per heavy atom. The molecule has 6 nitrogen and oxygen atoms in total. The lowest BCUT2D eigenvalue weighted by molar-refractivity contribution is 0.0696. The van der Waals surface area contributed by atoms with Gasteiger partial charge in [0.05, 0.1) is 5.56 Å². The minimum atomic E-state index is -1.30. The monoisotopic (exact) mass is 271 g/mol. The van der Waals surface area contributed by atoms with Gasteiger partial charge in [0.25, 0.3) is 0 Å². The van der Waals surface area contributed by atoms with Gasteiger partial charge in [0, 0.05) is 0 Å². The number of aromatic hydroxyl groups is 2. The fraction of sp³-hybridized carbons (Fsp3) is 0. The Bertz CT molecular complexity index is 822. The van der Waals surface area contributed by atoms with Gasteiger partial charge in [-0.25, -0.2) is 9.78 Å². The van der Waals surface area contributed by atoms with E-state index in [0.29, 0.717) is 5.56 Å². The van der Waals surface area contributed by atoms with E-state index < -0.39 is 5.97 Å². The van der Waals surface area contributed by atoms with Gasteiger partial charge in [0.15, 0.2) is 5.58 Å². The molecule has 0 atom stereocenters. The Morgan fingerprint density at radius 1 is 1.05 bits per heavy atom. The highest BCUT2D eigenvalue weighted by Gasteiger charge is 2.20. The van der Waals surface area contributed by atoms with Gasteiger partial charge in [0.2, 0.25) is 5.89 Å². The number of aromatic nitrogens is 1. The number of hydrogen-bond donors (Lipinski definition) is 3. The molecule has 0 saturated heterocycles. The van der Waals surface area contributed by atoms with Crippen molar-refractivity contribution in [2.45, 2.75) is 0 Å². The van der Waals surface area contributed by atoms with E-state index in [1.54, 1.807) is 18.2 Å². The van der Waals surface area contributed by atoms with Crippen LogP contribution in [0.25, 0.3) is 22.6 Å². The number of carboxylic acids is 1. The Hall–Kier alpha value is -3.02. The largest absolute Gasteiger partial charge is 0.507 e. The third-order valence-electron chi connectivity index (χ3n) is 2.89.